The van der Waals surface area contributed by atoms with Gasteiger partial charge in [0.15, 0.2) is 0 Å². The SMILES string of the molecule is OCc1cc(Cl)cc(OC[C@H]2CCC=C2CCCc2cccs2)c1. The second-order valence-electron chi connectivity index (χ2n) is 6.25. The van der Waals surface area contributed by atoms with E-state index < -0.39 is 0 Å². The third-order valence-corrected chi connectivity index (χ3v) is 5.63. The van der Waals surface area contributed by atoms with Gasteiger partial charge in [0.25, 0.3) is 0 Å². The van der Waals surface area contributed by atoms with Crippen LogP contribution in [-0.2, 0) is 13.0 Å². The van der Waals surface area contributed by atoms with Crippen molar-refractivity contribution in [3.05, 3.63) is 62.8 Å². The number of ether oxygens (including phenoxy) is 1. The van der Waals surface area contributed by atoms with Gasteiger partial charge in [-0.15, -0.1) is 11.3 Å². The standard InChI is InChI=1S/C20H23ClO2S/c21-18-10-15(13-22)11-19(12-18)23-14-17-6-1-4-16(17)5-2-7-20-8-3-9-24-20/h3-4,8-12,17,22H,1-2,5-7,13-14H2/t17-/m1/s1. The Kier molecular flexibility index (Phi) is 6.36. The van der Waals surface area contributed by atoms with Crippen molar-refractivity contribution in [2.45, 2.75) is 38.7 Å². The van der Waals surface area contributed by atoms with Crippen LogP contribution in [0.2, 0.25) is 5.02 Å². The Bertz CT molecular complexity index is 679. The minimum atomic E-state index is -0.0196. The summed E-state index contributed by atoms with van der Waals surface area (Å²) in [7, 11) is 0. The van der Waals surface area contributed by atoms with E-state index in [0.29, 0.717) is 17.5 Å². The highest BCUT2D eigenvalue weighted by Gasteiger charge is 2.19. The number of allylic oxidation sites excluding steroid dienone is 1. The molecule has 0 amide bonds. The van der Waals surface area contributed by atoms with Gasteiger partial charge >= 0.3 is 0 Å². The Morgan fingerprint density at radius 2 is 2.17 bits per heavy atom. The second-order valence-corrected chi connectivity index (χ2v) is 7.72. The summed E-state index contributed by atoms with van der Waals surface area (Å²) in [6, 6.07) is 9.78. The van der Waals surface area contributed by atoms with Crippen LogP contribution in [0.15, 0.2) is 47.4 Å². The van der Waals surface area contributed by atoms with Gasteiger partial charge in [0.2, 0.25) is 0 Å². The number of benzene rings is 1. The number of thiophene rings is 1. The molecule has 3 rings (SSSR count). The average molecular weight is 363 g/mol. The van der Waals surface area contributed by atoms with Crippen molar-refractivity contribution < 1.29 is 9.84 Å². The Balaban J connectivity index is 1.49. The molecule has 0 bridgehead atoms. The van der Waals surface area contributed by atoms with E-state index in [9.17, 15) is 5.11 Å². The van der Waals surface area contributed by atoms with Gasteiger partial charge in [-0.2, -0.15) is 0 Å². The van der Waals surface area contributed by atoms with Crippen LogP contribution in [0, 0.1) is 5.92 Å². The molecular formula is C20H23ClO2S. The summed E-state index contributed by atoms with van der Waals surface area (Å²) in [5.74, 6) is 1.25. The maximum atomic E-state index is 9.26. The number of halogens is 1. The quantitative estimate of drug-likeness (QED) is 0.616. The molecule has 1 aliphatic carbocycles. The van der Waals surface area contributed by atoms with Gasteiger partial charge in [-0.3, -0.25) is 0 Å². The van der Waals surface area contributed by atoms with E-state index in [2.05, 4.69) is 23.6 Å². The van der Waals surface area contributed by atoms with Crippen molar-refractivity contribution in [3.63, 3.8) is 0 Å². The van der Waals surface area contributed by atoms with Crippen LogP contribution in [0.25, 0.3) is 0 Å². The number of aryl methyl sites for hydroxylation is 1. The van der Waals surface area contributed by atoms with Crippen molar-refractivity contribution in [3.8, 4) is 5.75 Å². The molecule has 4 heteroatoms. The Morgan fingerprint density at radius 3 is 2.96 bits per heavy atom. The molecule has 128 valence electrons. The first-order valence-electron chi connectivity index (χ1n) is 8.49. The zero-order valence-corrected chi connectivity index (χ0v) is 15.3. The van der Waals surface area contributed by atoms with Crippen LogP contribution in [-0.4, -0.2) is 11.7 Å². The van der Waals surface area contributed by atoms with Crippen LogP contribution >= 0.6 is 22.9 Å². The normalized spacial score (nSPS) is 17.1. The predicted octanol–water partition coefficient (Wildman–Crippen LogP) is 5.63. The van der Waals surface area contributed by atoms with Crippen LogP contribution in [0.1, 0.15) is 36.1 Å². The minimum Gasteiger partial charge on any atom is -0.493 e. The van der Waals surface area contributed by atoms with Crippen molar-refractivity contribution in [1.29, 1.82) is 0 Å². The molecule has 1 heterocycles. The highest BCUT2D eigenvalue weighted by atomic mass is 35.5. The van der Waals surface area contributed by atoms with Gasteiger partial charge in [0.1, 0.15) is 5.75 Å². The molecule has 1 N–H and O–H groups in total. The lowest BCUT2D eigenvalue weighted by atomic mass is 9.97. The number of hydrogen-bond acceptors (Lipinski definition) is 3. The summed E-state index contributed by atoms with van der Waals surface area (Å²) >= 11 is 7.91. The molecule has 0 spiro atoms. The summed E-state index contributed by atoms with van der Waals surface area (Å²) in [5.41, 5.74) is 2.33. The molecule has 0 saturated carbocycles. The number of aliphatic hydroxyl groups excluding tert-OH is 1. The van der Waals surface area contributed by atoms with E-state index in [1.165, 1.54) is 23.3 Å². The lowest BCUT2D eigenvalue weighted by molar-refractivity contribution is 0.261. The van der Waals surface area contributed by atoms with Gasteiger partial charge in [-0.1, -0.05) is 29.3 Å². The molecule has 0 saturated heterocycles. The van der Waals surface area contributed by atoms with Crippen molar-refractivity contribution >= 4 is 22.9 Å². The van der Waals surface area contributed by atoms with Crippen molar-refractivity contribution in [2.24, 2.45) is 5.92 Å². The lowest BCUT2D eigenvalue weighted by Gasteiger charge is -2.17. The number of aliphatic hydroxyl groups is 1. The number of rotatable bonds is 8. The van der Waals surface area contributed by atoms with Crippen molar-refractivity contribution in [2.75, 3.05) is 6.61 Å². The molecule has 1 aromatic heterocycles. The van der Waals surface area contributed by atoms with Gasteiger partial charge in [0.05, 0.1) is 13.2 Å². The highest BCUT2D eigenvalue weighted by Crippen LogP contribution is 2.31. The first-order valence-corrected chi connectivity index (χ1v) is 9.75. The van der Waals surface area contributed by atoms with Gasteiger partial charge in [0, 0.05) is 15.8 Å². The molecule has 24 heavy (non-hydrogen) atoms. The Morgan fingerprint density at radius 1 is 1.25 bits per heavy atom. The third kappa shape index (κ3) is 4.85. The zero-order valence-electron chi connectivity index (χ0n) is 13.7. The zero-order chi connectivity index (χ0) is 16.8. The van der Waals surface area contributed by atoms with E-state index in [-0.39, 0.29) is 6.61 Å². The molecule has 1 atom stereocenters. The van der Waals surface area contributed by atoms with E-state index in [1.54, 1.807) is 6.07 Å². The first-order chi connectivity index (χ1) is 11.7. The second kappa shape index (κ2) is 8.70. The molecule has 1 aromatic carbocycles. The Hall–Kier alpha value is -1.29. The summed E-state index contributed by atoms with van der Waals surface area (Å²) in [6.07, 6.45) is 8.23. The number of hydrogen-bond donors (Lipinski definition) is 1. The van der Waals surface area contributed by atoms with Gasteiger partial charge in [-0.05, 0) is 67.3 Å². The molecule has 1 aliphatic rings. The largest absolute Gasteiger partial charge is 0.493 e. The van der Waals surface area contributed by atoms with Crippen molar-refractivity contribution in [1.82, 2.24) is 0 Å². The third-order valence-electron chi connectivity index (χ3n) is 4.48. The molecule has 0 aliphatic heterocycles. The van der Waals surface area contributed by atoms with Crippen LogP contribution in [0.4, 0.5) is 0 Å². The fourth-order valence-electron chi connectivity index (χ4n) is 3.23. The molecule has 2 nitrogen and oxygen atoms in total. The Labute approximate surface area is 152 Å². The highest BCUT2D eigenvalue weighted by molar-refractivity contribution is 7.09. The maximum absolute atomic E-state index is 9.26. The van der Waals surface area contributed by atoms with Crippen LogP contribution in [0.5, 0.6) is 5.75 Å². The fraction of sp³-hybridized carbons (Fsp3) is 0.400. The van der Waals surface area contributed by atoms with Crippen LogP contribution < -0.4 is 4.74 Å². The summed E-state index contributed by atoms with van der Waals surface area (Å²) in [4.78, 5) is 1.47. The van der Waals surface area contributed by atoms with E-state index in [0.717, 1.165) is 30.6 Å². The van der Waals surface area contributed by atoms with Gasteiger partial charge < -0.3 is 9.84 Å². The molecule has 0 unspecified atom stereocenters. The fourth-order valence-corrected chi connectivity index (χ4v) is 4.23. The molecule has 0 fully saturated rings. The topological polar surface area (TPSA) is 29.5 Å². The van der Waals surface area contributed by atoms with E-state index in [1.807, 2.05) is 23.5 Å². The van der Waals surface area contributed by atoms with E-state index in [4.69, 9.17) is 16.3 Å². The predicted molar refractivity (Wildman–Crippen MR) is 101 cm³/mol. The first kappa shape index (κ1) is 17.5. The molecule has 0 radical (unpaired) electrons. The lowest BCUT2D eigenvalue weighted by Crippen LogP contribution is -2.12. The maximum Gasteiger partial charge on any atom is 0.121 e. The molecule has 2 aromatic rings. The summed E-state index contributed by atoms with van der Waals surface area (Å²) in [5, 5.41) is 12.0. The minimum absolute atomic E-state index is 0.0196. The van der Waals surface area contributed by atoms with Crippen LogP contribution in [0.3, 0.4) is 0 Å². The monoisotopic (exact) mass is 362 g/mol. The average Bonchev–Trinajstić information content (AvgIpc) is 3.24. The van der Waals surface area contributed by atoms with Gasteiger partial charge in [-0.25, -0.2) is 0 Å². The molecular weight excluding hydrogens is 340 g/mol. The summed E-state index contributed by atoms with van der Waals surface area (Å²) < 4.78 is 5.96. The van der Waals surface area contributed by atoms with E-state index >= 15 is 0 Å². The smallest absolute Gasteiger partial charge is 0.121 e. The summed E-state index contributed by atoms with van der Waals surface area (Å²) in [6.45, 7) is 0.671.